The Balaban J connectivity index is 2.92. The molecule has 0 aliphatic heterocycles. The third kappa shape index (κ3) is 1.76. The van der Waals surface area contributed by atoms with Crippen LogP contribution in [0.2, 0.25) is 0 Å². The number of rotatable bonds is 3. The summed E-state index contributed by atoms with van der Waals surface area (Å²) in [7, 11) is 0. The van der Waals surface area contributed by atoms with Crippen LogP contribution in [-0.2, 0) is 0 Å². The molecule has 0 unspecified atom stereocenters. The van der Waals surface area contributed by atoms with Gasteiger partial charge in [-0.3, -0.25) is 4.98 Å². The highest BCUT2D eigenvalue weighted by atomic mass is 14.7. The molecule has 12 heavy (non-hydrogen) atoms. The molecule has 0 aliphatic rings. The van der Waals surface area contributed by atoms with Crippen LogP contribution >= 0.6 is 0 Å². The zero-order valence-electron chi connectivity index (χ0n) is 7.75. The maximum Gasteiger partial charge on any atom is 0.0535 e. The molecule has 1 aromatic rings. The molecular weight excluding hydrogens is 148 g/mol. The molecule has 0 atom stereocenters. The normalized spacial score (nSPS) is 10.6. The zero-order valence-corrected chi connectivity index (χ0v) is 7.75. The van der Waals surface area contributed by atoms with Crippen LogP contribution in [0.5, 0.6) is 0 Å². The van der Waals surface area contributed by atoms with E-state index in [-0.39, 0.29) is 0 Å². The van der Waals surface area contributed by atoms with Crippen LogP contribution in [0.1, 0.15) is 38.2 Å². The second-order valence-corrected chi connectivity index (χ2v) is 3.02. The lowest BCUT2D eigenvalue weighted by Gasteiger charge is -2.14. The maximum absolute atomic E-state index is 5.81. The van der Waals surface area contributed by atoms with Crippen molar-refractivity contribution in [2.24, 2.45) is 0 Å². The fourth-order valence-electron chi connectivity index (χ4n) is 1.52. The molecule has 66 valence electrons. The molecule has 1 heterocycles. The summed E-state index contributed by atoms with van der Waals surface area (Å²) in [5.74, 6) is 0.591. The summed E-state index contributed by atoms with van der Waals surface area (Å²) >= 11 is 0. The third-order valence-electron chi connectivity index (χ3n) is 2.31. The molecule has 0 saturated heterocycles. The van der Waals surface area contributed by atoms with Crippen molar-refractivity contribution in [1.29, 1.82) is 0 Å². The SMILES string of the molecule is CCC(CC)c1ccncc1N. The Labute approximate surface area is 73.8 Å². The van der Waals surface area contributed by atoms with Crippen LogP contribution in [0, 0.1) is 0 Å². The van der Waals surface area contributed by atoms with Gasteiger partial charge >= 0.3 is 0 Å². The standard InChI is InChI=1S/C10H16N2/c1-3-8(4-2)9-5-6-12-7-10(9)11/h5-8H,3-4,11H2,1-2H3. The summed E-state index contributed by atoms with van der Waals surface area (Å²) < 4.78 is 0. The number of aromatic nitrogens is 1. The highest BCUT2D eigenvalue weighted by Gasteiger charge is 2.08. The lowest BCUT2D eigenvalue weighted by molar-refractivity contribution is 0.643. The van der Waals surface area contributed by atoms with Gasteiger partial charge in [0.25, 0.3) is 0 Å². The Morgan fingerprint density at radius 3 is 2.58 bits per heavy atom. The summed E-state index contributed by atoms with van der Waals surface area (Å²) in [6, 6.07) is 2.02. The molecule has 0 spiro atoms. The van der Waals surface area contributed by atoms with Crippen molar-refractivity contribution in [1.82, 2.24) is 4.98 Å². The molecule has 0 radical (unpaired) electrons. The Morgan fingerprint density at radius 2 is 2.08 bits per heavy atom. The van der Waals surface area contributed by atoms with Crippen molar-refractivity contribution in [3.05, 3.63) is 24.0 Å². The first-order valence-electron chi connectivity index (χ1n) is 4.49. The van der Waals surface area contributed by atoms with Gasteiger partial charge in [0.15, 0.2) is 0 Å². The molecule has 2 heteroatoms. The number of pyridine rings is 1. The van der Waals surface area contributed by atoms with Crippen molar-refractivity contribution >= 4 is 5.69 Å². The summed E-state index contributed by atoms with van der Waals surface area (Å²) in [4.78, 5) is 3.97. The van der Waals surface area contributed by atoms with E-state index in [1.54, 1.807) is 6.20 Å². The van der Waals surface area contributed by atoms with Crippen molar-refractivity contribution in [3.8, 4) is 0 Å². The molecule has 0 amide bonds. The van der Waals surface area contributed by atoms with E-state index < -0.39 is 0 Å². The lowest BCUT2D eigenvalue weighted by atomic mass is 9.94. The monoisotopic (exact) mass is 164 g/mol. The summed E-state index contributed by atoms with van der Waals surface area (Å²) in [5, 5.41) is 0. The van der Waals surface area contributed by atoms with Gasteiger partial charge in [0.1, 0.15) is 0 Å². The number of nitrogen functional groups attached to an aromatic ring is 1. The average molecular weight is 164 g/mol. The van der Waals surface area contributed by atoms with E-state index in [1.807, 2.05) is 12.3 Å². The molecule has 1 aromatic heterocycles. The smallest absolute Gasteiger partial charge is 0.0535 e. The van der Waals surface area contributed by atoms with E-state index in [2.05, 4.69) is 18.8 Å². The summed E-state index contributed by atoms with van der Waals surface area (Å²) in [6.45, 7) is 4.38. The number of anilines is 1. The first-order valence-corrected chi connectivity index (χ1v) is 4.49. The fourth-order valence-corrected chi connectivity index (χ4v) is 1.52. The van der Waals surface area contributed by atoms with Crippen LogP contribution in [0.4, 0.5) is 5.69 Å². The summed E-state index contributed by atoms with van der Waals surface area (Å²) in [6.07, 6.45) is 5.83. The van der Waals surface area contributed by atoms with Gasteiger partial charge in [0.2, 0.25) is 0 Å². The van der Waals surface area contributed by atoms with Crippen LogP contribution in [0.15, 0.2) is 18.5 Å². The zero-order chi connectivity index (χ0) is 8.97. The minimum atomic E-state index is 0.591. The van der Waals surface area contributed by atoms with Crippen molar-refractivity contribution in [2.45, 2.75) is 32.6 Å². The Bertz CT molecular complexity index is 241. The number of hydrogen-bond donors (Lipinski definition) is 1. The van der Waals surface area contributed by atoms with Gasteiger partial charge in [-0.1, -0.05) is 13.8 Å². The third-order valence-corrected chi connectivity index (χ3v) is 2.31. The summed E-state index contributed by atoms with van der Waals surface area (Å²) in [5.41, 5.74) is 7.88. The van der Waals surface area contributed by atoms with E-state index in [0.29, 0.717) is 5.92 Å². The first-order chi connectivity index (χ1) is 5.79. The van der Waals surface area contributed by atoms with E-state index >= 15 is 0 Å². The second kappa shape index (κ2) is 4.10. The molecule has 0 aromatic carbocycles. The quantitative estimate of drug-likeness (QED) is 0.745. The van der Waals surface area contributed by atoms with Gasteiger partial charge in [-0.2, -0.15) is 0 Å². The largest absolute Gasteiger partial charge is 0.397 e. The molecular formula is C10H16N2. The minimum absolute atomic E-state index is 0.591. The molecule has 0 saturated carbocycles. The first kappa shape index (κ1) is 9.04. The van der Waals surface area contributed by atoms with E-state index in [9.17, 15) is 0 Å². The lowest BCUT2D eigenvalue weighted by Crippen LogP contribution is -2.01. The molecule has 0 aliphatic carbocycles. The van der Waals surface area contributed by atoms with Crippen LogP contribution in [-0.4, -0.2) is 4.98 Å². The van der Waals surface area contributed by atoms with Gasteiger partial charge in [-0.25, -0.2) is 0 Å². The number of nitrogens with two attached hydrogens (primary N) is 1. The van der Waals surface area contributed by atoms with Gasteiger partial charge in [0, 0.05) is 6.20 Å². The van der Waals surface area contributed by atoms with Crippen LogP contribution in [0.3, 0.4) is 0 Å². The maximum atomic E-state index is 5.81. The van der Waals surface area contributed by atoms with Crippen molar-refractivity contribution < 1.29 is 0 Å². The van der Waals surface area contributed by atoms with Crippen LogP contribution < -0.4 is 5.73 Å². The van der Waals surface area contributed by atoms with Crippen molar-refractivity contribution in [3.63, 3.8) is 0 Å². The second-order valence-electron chi connectivity index (χ2n) is 3.02. The average Bonchev–Trinajstić information content (AvgIpc) is 2.10. The predicted octanol–water partition coefficient (Wildman–Crippen LogP) is 2.57. The van der Waals surface area contributed by atoms with Gasteiger partial charge in [-0.05, 0) is 30.4 Å². The van der Waals surface area contributed by atoms with Gasteiger partial charge in [0.05, 0.1) is 11.9 Å². The number of hydrogen-bond acceptors (Lipinski definition) is 2. The Hall–Kier alpha value is -1.05. The minimum Gasteiger partial charge on any atom is -0.397 e. The molecule has 1 rings (SSSR count). The van der Waals surface area contributed by atoms with E-state index in [4.69, 9.17) is 5.73 Å². The van der Waals surface area contributed by atoms with E-state index in [1.165, 1.54) is 5.56 Å². The highest BCUT2D eigenvalue weighted by molar-refractivity contribution is 5.45. The fraction of sp³-hybridized carbons (Fsp3) is 0.500. The Morgan fingerprint density at radius 1 is 1.42 bits per heavy atom. The van der Waals surface area contributed by atoms with E-state index in [0.717, 1.165) is 18.5 Å². The molecule has 0 bridgehead atoms. The van der Waals surface area contributed by atoms with Gasteiger partial charge in [-0.15, -0.1) is 0 Å². The molecule has 2 N–H and O–H groups in total. The van der Waals surface area contributed by atoms with Crippen molar-refractivity contribution in [2.75, 3.05) is 5.73 Å². The molecule has 0 fully saturated rings. The Kier molecular flexibility index (Phi) is 3.09. The van der Waals surface area contributed by atoms with Gasteiger partial charge < -0.3 is 5.73 Å². The van der Waals surface area contributed by atoms with Crippen LogP contribution in [0.25, 0.3) is 0 Å². The molecule has 2 nitrogen and oxygen atoms in total. The topological polar surface area (TPSA) is 38.9 Å². The predicted molar refractivity (Wildman–Crippen MR) is 52.0 cm³/mol. The number of nitrogens with zero attached hydrogens (tertiary/aromatic N) is 1. The highest BCUT2D eigenvalue weighted by Crippen LogP contribution is 2.26.